The van der Waals surface area contributed by atoms with E-state index in [2.05, 4.69) is 18.7 Å². The predicted octanol–water partition coefficient (Wildman–Crippen LogP) is 3.44. The van der Waals surface area contributed by atoms with Crippen molar-refractivity contribution < 1.29 is 5.11 Å². The Balaban J connectivity index is 2.04. The van der Waals surface area contributed by atoms with Gasteiger partial charge in [-0.2, -0.15) is 0 Å². The Morgan fingerprint density at radius 3 is 2.56 bits per heavy atom. The van der Waals surface area contributed by atoms with E-state index in [1.54, 1.807) is 0 Å². The lowest BCUT2D eigenvalue weighted by Gasteiger charge is -2.43. The van der Waals surface area contributed by atoms with Crippen molar-refractivity contribution in [3.05, 3.63) is 0 Å². The lowest BCUT2D eigenvalue weighted by atomic mass is 9.67. The van der Waals surface area contributed by atoms with Gasteiger partial charge in [0.15, 0.2) is 0 Å². The van der Waals surface area contributed by atoms with E-state index in [1.807, 2.05) is 0 Å². The van der Waals surface area contributed by atoms with Gasteiger partial charge in [-0.3, -0.25) is 0 Å². The summed E-state index contributed by atoms with van der Waals surface area (Å²) in [6, 6.07) is 0. The molecule has 2 nitrogen and oxygen atoms in total. The summed E-state index contributed by atoms with van der Waals surface area (Å²) in [5.41, 5.74) is -0.356. The molecule has 106 valence electrons. The topological polar surface area (TPSA) is 23.5 Å². The second-order valence-electron chi connectivity index (χ2n) is 6.45. The van der Waals surface area contributed by atoms with Crippen LogP contribution >= 0.6 is 0 Å². The quantitative estimate of drug-likeness (QED) is 0.833. The Bertz CT molecular complexity index is 255. The fraction of sp³-hybridized carbons (Fsp3) is 1.00. The van der Waals surface area contributed by atoms with E-state index in [4.69, 9.17) is 0 Å². The highest BCUT2D eigenvalue weighted by Crippen LogP contribution is 2.43. The summed E-state index contributed by atoms with van der Waals surface area (Å²) in [6.07, 6.45) is 9.80. The van der Waals surface area contributed by atoms with Crippen molar-refractivity contribution in [2.75, 3.05) is 19.6 Å². The smallest absolute Gasteiger partial charge is 0.0691 e. The van der Waals surface area contributed by atoms with E-state index in [-0.39, 0.29) is 5.60 Å². The number of likely N-dealkylation sites (tertiary alicyclic amines) is 1. The molecule has 1 aliphatic carbocycles. The Hall–Kier alpha value is -0.0800. The molecule has 18 heavy (non-hydrogen) atoms. The fourth-order valence-corrected chi connectivity index (χ4v) is 4.29. The van der Waals surface area contributed by atoms with Crippen LogP contribution in [-0.4, -0.2) is 35.2 Å². The molecule has 0 amide bonds. The maximum absolute atomic E-state index is 11.2. The normalized spacial score (nSPS) is 39.5. The van der Waals surface area contributed by atoms with Gasteiger partial charge in [0.05, 0.1) is 5.60 Å². The van der Waals surface area contributed by atoms with Gasteiger partial charge in [0.1, 0.15) is 0 Å². The monoisotopic (exact) mass is 253 g/mol. The molecule has 0 bridgehead atoms. The van der Waals surface area contributed by atoms with E-state index < -0.39 is 0 Å². The van der Waals surface area contributed by atoms with Crippen LogP contribution in [0.15, 0.2) is 0 Å². The molecular weight excluding hydrogens is 222 g/mol. The minimum absolute atomic E-state index is 0.356. The van der Waals surface area contributed by atoms with Crippen LogP contribution in [-0.2, 0) is 0 Å². The molecule has 0 aromatic carbocycles. The molecule has 3 unspecified atom stereocenters. The Kier molecular flexibility index (Phi) is 5.08. The van der Waals surface area contributed by atoms with E-state index in [9.17, 15) is 5.11 Å². The Labute approximate surface area is 113 Å². The van der Waals surface area contributed by atoms with Crippen LogP contribution < -0.4 is 0 Å². The summed E-state index contributed by atoms with van der Waals surface area (Å²) in [7, 11) is 0. The molecule has 1 aliphatic heterocycles. The molecule has 2 rings (SSSR count). The molecule has 0 spiro atoms. The number of hydrogen-bond acceptors (Lipinski definition) is 2. The minimum atomic E-state index is -0.356. The second-order valence-corrected chi connectivity index (χ2v) is 6.45. The van der Waals surface area contributed by atoms with Gasteiger partial charge in [-0.1, -0.05) is 39.5 Å². The molecule has 0 aromatic heterocycles. The SMILES string of the molecule is CCC1CCCCC1C1(O)CCCN(CC)CC1. The molecular formula is C16H31NO. The second kappa shape index (κ2) is 6.38. The summed E-state index contributed by atoms with van der Waals surface area (Å²) in [5.74, 6) is 1.35. The van der Waals surface area contributed by atoms with Gasteiger partial charge in [0.2, 0.25) is 0 Å². The van der Waals surface area contributed by atoms with Crippen LogP contribution in [0.5, 0.6) is 0 Å². The first-order valence-electron chi connectivity index (χ1n) is 8.14. The summed E-state index contributed by atoms with van der Waals surface area (Å²) < 4.78 is 0. The van der Waals surface area contributed by atoms with Crippen molar-refractivity contribution in [3.8, 4) is 0 Å². The number of rotatable bonds is 3. The van der Waals surface area contributed by atoms with Crippen LogP contribution in [0.3, 0.4) is 0 Å². The lowest BCUT2D eigenvalue weighted by Crippen LogP contribution is -2.44. The van der Waals surface area contributed by atoms with E-state index in [0.29, 0.717) is 5.92 Å². The average molecular weight is 253 g/mol. The predicted molar refractivity (Wildman–Crippen MR) is 76.7 cm³/mol. The van der Waals surface area contributed by atoms with Gasteiger partial charge in [0.25, 0.3) is 0 Å². The molecule has 1 saturated heterocycles. The molecule has 0 radical (unpaired) electrons. The van der Waals surface area contributed by atoms with Crippen LogP contribution in [0.25, 0.3) is 0 Å². The highest BCUT2D eigenvalue weighted by atomic mass is 16.3. The molecule has 2 heteroatoms. The Morgan fingerprint density at radius 2 is 1.83 bits per heavy atom. The minimum Gasteiger partial charge on any atom is -0.390 e. The van der Waals surface area contributed by atoms with Gasteiger partial charge >= 0.3 is 0 Å². The van der Waals surface area contributed by atoms with Gasteiger partial charge in [-0.15, -0.1) is 0 Å². The van der Waals surface area contributed by atoms with Crippen LogP contribution in [0.1, 0.15) is 65.2 Å². The van der Waals surface area contributed by atoms with Crippen molar-refractivity contribution in [2.24, 2.45) is 11.8 Å². The zero-order valence-electron chi connectivity index (χ0n) is 12.3. The maximum Gasteiger partial charge on any atom is 0.0691 e. The fourth-order valence-electron chi connectivity index (χ4n) is 4.29. The highest BCUT2D eigenvalue weighted by molar-refractivity contribution is 4.94. The summed E-state index contributed by atoms with van der Waals surface area (Å²) in [4.78, 5) is 2.50. The van der Waals surface area contributed by atoms with Gasteiger partial charge in [0, 0.05) is 6.54 Å². The highest BCUT2D eigenvalue weighted by Gasteiger charge is 2.42. The third kappa shape index (κ3) is 3.08. The standard InChI is InChI=1S/C16H31NO/c1-3-14-8-5-6-9-15(14)16(18)10-7-12-17(4-2)13-11-16/h14-15,18H,3-13H2,1-2H3. The van der Waals surface area contributed by atoms with Crippen molar-refractivity contribution >= 4 is 0 Å². The summed E-state index contributed by atoms with van der Waals surface area (Å²) >= 11 is 0. The van der Waals surface area contributed by atoms with E-state index >= 15 is 0 Å². The first kappa shape index (κ1) is 14.3. The molecule has 1 saturated carbocycles. The zero-order valence-corrected chi connectivity index (χ0v) is 12.3. The third-order valence-corrected chi connectivity index (χ3v) is 5.52. The van der Waals surface area contributed by atoms with Gasteiger partial charge in [-0.25, -0.2) is 0 Å². The van der Waals surface area contributed by atoms with E-state index in [0.717, 1.165) is 31.8 Å². The van der Waals surface area contributed by atoms with Crippen molar-refractivity contribution in [1.29, 1.82) is 0 Å². The lowest BCUT2D eigenvalue weighted by molar-refractivity contribution is -0.0681. The number of aliphatic hydroxyl groups is 1. The first-order chi connectivity index (χ1) is 8.69. The zero-order chi connectivity index (χ0) is 13.0. The molecule has 3 atom stereocenters. The molecule has 2 aliphatic rings. The first-order valence-corrected chi connectivity index (χ1v) is 8.14. The number of hydrogen-bond donors (Lipinski definition) is 1. The average Bonchev–Trinajstić information content (AvgIpc) is 2.61. The van der Waals surface area contributed by atoms with Gasteiger partial charge < -0.3 is 10.0 Å². The van der Waals surface area contributed by atoms with Crippen molar-refractivity contribution in [3.63, 3.8) is 0 Å². The molecule has 2 fully saturated rings. The molecule has 1 N–H and O–H groups in total. The van der Waals surface area contributed by atoms with Crippen molar-refractivity contribution in [1.82, 2.24) is 4.90 Å². The van der Waals surface area contributed by atoms with Gasteiger partial charge in [-0.05, 0) is 50.6 Å². The van der Waals surface area contributed by atoms with Crippen molar-refractivity contribution in [2.45, 2.75) is 70.8 Å². The molecule has 0 aromatic rings. The number of nitrogens with zero attached hydrogens (tertiary/aromatic N) is 1. The third-order valence-electron chi connectivity index (χ3n) is 5.52. The van der Waals surface area contributed by atoms with Crippen LogP contribution in [0, 0.1) is 11.8 Å². The summed E-state index contributed by atoms with van der Waals surface area (Å²) in [6.45, 7) is 7.96. The largest absolute Gasteiger partial charge is 0.390 e. The van der Waals surface area contributed by atoms with Crippen LogP contribution in [0.4, 0.5) is 0 Å². The van der Waals surface area contributed by atoms with Crippen LogP contribution in [0.2, 0.25) is 0 Å². The maximum atomic E-state index is 11.2. The molecule has 1 heterocycles. The summed E-state index contributed by atoms with van der Waals surface area (Å²) in [5, 5.41) is 11.2. The Morgan fingerprint density at radius 1 is 1.06 bits per heavy atom. The van der Waals surface area contributed by atoms with E-state index in [1.165, 1.54) is 45.1 Å².